The standard InChI is InChI=1S/C49H84O18/c1-23(2)10-9-14-49(8,62-22-29-37(57)38(58)34(54)26(19-50)63-29)24-11-16-48(7)33(24)25(53)18-31-46(5)15-13-32(45(3,4)30(46)12-17-47(31,48)6)66-44-42(40(60)36(56)28(21-52)65-44)67-43-41(61)39(59)35(55)27(20-51)64-43/h10,24-44,50-61H,9,11-22H2,1-8H3/t24?,25-,26-,27-,28-,29+,30?,31?,32+,33?,34-,35-,36-,37+,38+,39+,40+,41-,42-,43-,44+,46+,47-,48-,49+/m1/s1. The maximum Gasteiger partial charge on any atom is 0.187 e. The van der Waals surface area contributed by atoms with Gasteiger partial charge in [0.15, 0.2) is 12.6 Å². The van der Waals surface area contributed by atoms with Gasteiger partial charge in [-0.2, -0.15) is 0 Å². The second-order valence-electron chi connectivity index (χ2n) is 23.3. The highest BCUT2D eigenvalue weighted by atomic mass is 16.8. The molecular weight excluding hydrogens is 877 g/mol. The molecule has 3 heterocycles. The third kappa shape index (κ3) is 9.26. The summed E-state index contributed by atoms with van der Waals surface area (Å²) in [6, 6.07) is 0. The van der Waals surface area contributed by atoms with Gasteiger partial charge in [0.1, 0.15) is 79.4 Å². The molecule has 4 saturated carbocycles. The van der Waals surface area contributed by atoms with Crippen molar-refractivity contribution in [1.29, 1.82) is 0 Å². The molecule has 0 spiro atoms. The lowest BCUT2D eigenvalue weighted by molar-refractivity contribution is -0.378. The number of aliphatic hydroxyl groups is 12. The van der Waals surface area contributed by atoms with E-state index in [2.05, 4.69) is 47.6 Å². The summed E-state index contributed by atoms with van der Waals surface area (Å²) in [5.74, 6) is 0.0653. The first kappa shape index (κ1) is 53.8. The highest BCUT2D eigenvalue weighted by Gasteiger charge is 2.72. The van der Waals surface area contributed by atoms with E-state index in [-0.39, 0.29) is 46.5 Å². The molecule has 0 aromatic heterocycles. The van der Waals surface area contributed by atoms with Crippen LogP contribution in [0.4, 0.5) is 0 Å². The van der Waals surface area contributed by atoms with E-state index < -0.39 is 135 Å². The summed E-state index contributed by atoms with van der Waals surface area (Å²) in [7, 11) is 0. The fraction of sp³-hybridized carbons (Fsp3) is 0.959. The quantitative estimate of drug-likeness (QED) is 0.0807. The van der Waals surface area contributed by atoms with Crippen molar-refractivity contribution in [2.45, 2.75) is 223 Å². The van der Waals surface area contributed by atoms with Gasteiger partial charge in [-0.1, -0.05) is 46.3 Å². The van der Waals surface area contributed by atoms with Crippen molar-refractivity contribution in [2.24, 2.45) is 45.3 Å². The molecule has 7 rings (SSSR count). The van der Waals surface area contributed by atoms with Crippen LogP contribution < -0.4 is 0 Å². The van der Waals surface area contributed by atoms with Gasteiger partial charge in [-0.3, -0.25) is 0 Å². The van der Waals surface area contributed by atoms with Gasteiger partial charge in [0, 0.05) is 0 Å². The van der Waals surface area contributed by atoms with Gasteiger partial charge < -0.3 is 89.7 Å². The van der Waals surface area contributed by atoms with Crippen LogP contribution in [0.25, 0.3) is 0 Å². The number of hydrogen-bond acceptors (Lipinski definition) is 18. The Morgan fingerprint density at radius 1 is 0.612 bits per heavy atom. The van der Waals surface area contributed by atoms with Crippen LogP contribution in [0, 0.1) is 45.3 Å². The number of rotatable bonds is 14. The van der Waals surface area contributed by atoms with Crippen LogP contribution in [0.1, 0.15) is 113 Å². The molecule has 0 amide bonds. The van der Waals surface area contributed by atoms with E-state index in [1.54, 1.807) is 0 Å². The van der Waals surface area contributed by atoms with Crippen LogP contribution in [0.15, 0.2) is 11.6 Å². The van der Waals surface area contributed by atoms with Crippen LogP contribution in [-0.2, 0) is 28.4 Å². The lowest BCUT2D eigenvalue weighted by Gasteiger charge is -2.71. The molecule has 67 heavy (non-hydrogen) atoms. The maximum absolute atomic E-state index is 12.7. The van der Waals surface area contributed by atoms with Crippen molar-refractivity contribution < 1.29 is 89.7 Å². The molecule has 4 aliphatic carbocycles. The Morgan fingerprint density at radius 2 is 1.16 bits per heavy atom. The van der Waals surface area contributed by atoms with Gasteiger partial charge in [-0.15, -0.1) is 0 Å². The Balaban J connectivity index is 1.11. The molecule has 0 bridgehead atoms. The normalized spacial score (nSPS) is 51.8. The molecule has 0 radical (unpaired) electrons. The van der Waals surface area contributed by atoms with Gasteiger partial charge in [0.25, 0.3) is 0 Å². The van der Waals surface area contributed by atoms with Gasteiger partial charge in [0.05, 0.1) is 44.2 Å². The molecule has 7 aliphatic rings. The summed E-state index contributed by atoms with van der Waals surface area (Å²) in [6.45, 7) is 15.7. The smallest absolute Gasteiger partial charge is 0.187 e. The zero-order chi connectivity index (χ0) is 49.3. The third-order valence-corrected chi connectivity index (χ3v) is 19.1. The predicted octanol–water partition coefficient (Wildman–Crippen LogP) is 0.0157. The molecule has 18 heteroatoms. The Hall–Kier alpha value is -0.980. The van der Waals surface area contributed by atoms with Crippen LogP contribution in [0.3, 0.4) is 0 Å². The monoisotopic (exact) mass is 961 g/mol. The molecule has 0 aromatic carbocycles. The Morgan fingerprint density at radius 3 is 1.78 bits per heavy atom. The molecule has 7 fully saturated rings. The van der Waals surface area contributed by atoms with Crippen LogP contribution in [0.5, 0.6) is 0 Å². The summed E-state index contributed by atoms with van der Waals surface area (Å²) in [5.41, 5.74) is -0.795. The molecule has 18 nitrogen and oxygen atoms in total. The highest BCUT2D eigenvalue weighted by molar-refractivity contribution is 5.20. The second kappa shape index (κ2) is 20.1. The number of hydrogen-bond donors (Lipinski definition) is 12. The molecule has 0 aromatic rings. The topological polar surface area (TPSA) is 298 Å². The third-order valence-electron chi connectivity index (χ3n) is 19.1. The van der Waals surface area contributed by atoms with Crippen molar-refractivity contribution in [3.63, 3.8) is 0 Å². The van der Waals surface area contributed by atoms with Crippen LogP contribution in [0.2, 0.25) is 0 Å². The second-order valence-corrected chi connectivity index (χ2v) is 23.3. The summed E-state index contributed by atoms with van der Waals surface area (Å²) in [4.78, 5) is 0. The fourth-order valence-corrected chi connectivity index (χ4v) is 15.1. The molecular formula is C49H84O18. The van der Waals surface area contributed by atoms with E-state index in [1.165, 1.54) is 5.57 Å². The van der Waals surface area contributed by atoms with E-state index in [9.17, 15) is 61.3 Å². The molecule has 25 atom stereocenters. The van der Waals surface area contributed by atoms with Crippen LogP contribution in [-0.4, -0.2) is 197 Å². The minimum Gasteiger partial charge on any atom is -0.394 e. The van der Waals surface area contributed by atoms with Crippen molar-refractivity contribution >= 4 is 0 Å². The zero-order valence-electron chi connectivity index (χ0n) is 40.7. The molecule has 4 unspecified atom stereocenters. The van der Waals surface area contributed by atoms with E-state index in [0.29, 0.717) is 19.3 Å². The van der Waals surface area contributed by atoms with Crippen LogP contribution >= 0.6 is 0 Å². The van der Waals surface area contributed by atoms with E-state index in [0.717, 1.165) is 38.5 Å². The summed E-state index contributed by atoms with van der Waals surface area (Å²) in [5, 5.41) is 128. The number of ether oxygens (including phenoxy) is 6. The van der Waals surface area contributed by atoms with Crippen molar-refractivity contribution in [1.82, 2.24) is 0 Å². The number of fused-ring (bicyclic) bond motifs is 5. The first-order valence-electron chi connectivity index (χ1n) is 24.8. The lowest BCUT2D eigenvalue weighted by Crippen LogP contribution is -2.68. The average molecular weight is 961 g/mol. The Bertz CT molecular complexity index is 1700. The summed E-state index contributed by atoms with van der Waals surface area (Å²) >= 11 is 0. The fourth-order valence-electron chi connectivity index (χ4n) is 15.1. The summed E-state index contributed by atoms with van der Waals surface area (Å²) in [6.07, 6.45) is -14.2. The average Bonchev–Trinajstić information content (AvgIpc) is 3.67. The van der Waals surface area contributed by atoms with E-state index >= 15 is 0 Å². The Kier molecular flexibility index (Phi) is 16.2. The van der Waals surface area contributed by atoms with Gasteiger partial charge in [0.2, 0.25) is 0 Å². The van der Waals surface area contributed by atoms with Gasteiger partial charge >= 0.3 is 0 Å². The molecule has 12 N–H and O–H groups in total. The van der Waals surface area contributed by atoms with Gasteiger partial charge in [-0.25, -0.2) is 0 Å². The SMILES string of the molecule is CC(C)=CCC[C@](C)(OC[C@@H]1O[C@H](CO)[C@@H](O)[C@H](O)[C@H]1O)C1CC[C@]2(C)C1[C@H](O)CC1[C@@]3(C)CC[C@H](O[C@@H]4O[C@H](CO)[C@@H](O)[C@H](O)[C@H]4O[C@H]4O[C@H](CO)[C@@H](O)[C@H](O)[C@H]4O)C(C)(C)C3CC[C@]12C. The minimum absolute atomic E-state index is 0.0583. The number of allylic oxidation sites excluding steroid dienone is 2. The van der Waals surface area contributed by atoms with Crippen molar-refractivity contribution in [3.05, 3.63) is 11.6 Å². The van der Waals surface area contributed by atoms with Crippen molar-refractivity contribution in [2.75, 3.05) is 26.4 Å². The van der Waals surface area contributed by atoms with E-state index in [4.69, 9.17) is 28.4 Å². The predicted molar refractivity (Wildman–Crippen MR) is 238 cm³/mol. The lowest BCUT2D eigenvalue weighted by atomic mass is 9.35. The first-order chi connectivity index (χ1) is 31.3. The number of aliphatic hydroxyl groups excluding tert-OH is 12. The molecule has 3 aliphatic heterocycles. The van der Waals surface area contributed by atoms with Crippen molar-refractivity contribution in [3.8, 4) is 0 Å². The minimum atomic E-state index is -1.79. The van der Waals surface area contributed by atoms with Gasteiger partial charge in [-0.05, 0) is 124 Å². The maximum atomic E-state index is 12.7. The molecule has 388 valence electrons. The largest absolute Gasteiger partial charge is 0.394 e. The zero-order valence-corrected chi connectivity index (χ0v) is 40.7. The molecule has 3 saturated heterocycles. The summed E-state index contributed by atoms with van der Waals surface area (Å²) < 4.78 is 37.2. The Labute approximate surface area is 395 Å². The first-order valence-corrected chi connectivity index (χ1v) is 24.8. The van der Waals surface area contributed by atoms with E-state index in [1.807, 2.05) is 13.8 Å². The highest BCUT2D eigenvalue weighted by Crippen LogP contribution is 2.76.